The number of rotatable bonds is 5. The number of nitrogens with zero attached hydrogens (tertiary/aromatic N) is 2. The van der Waals surface area contributed by atoms with Gasteiger partial charge in [-0.05, 0) is 44.0 Å². The normalized spacial score (nSPS) is 13.9. The summed E-state index contributed by atoms with van der Waals surface area (Å²) in [6.45, 7) is 2.36. The highest BCUT2D eigenvalue weighted by atomic mass is 16.5. The van der Waals surface area contributed by atoms with Gasteiger partial charge in [-0.1, -0.05) is 22.9 Å². The lowest BCUT2D eigenvalue weighted by molar-refractivity contribution is 0.0974. The number of benzene rings is 1. The fourth-order valence-corrected chi connectivity index (χ4v) is 2.65. The predicted molar refractivity (Wildman–Crippen MR) is 88.9 cm³/mol. The summed E-state index contributed by atoms with van der Waals surface area (Å²) in [4.78, 5) is 14.6. The van der Waals surface area contributed by atoms with Crippen LogP contribution in [0, 0.1) is 6.92 Å². The maximum Gasteiger partial charge on any atom is 0.280 e. The summed E-state index contributed by atoms with van der Waals surface area (Å²) in [5, 5.41) is 3.97. The Bertz CT molecular complexity index is 830. The van der Waals surface area contributed by atoms with Gasteiger partial charge in [0.2, 0.25) is 0 Å². The number of aryl methyl sites for hydroxylation is 1. The van der Waals surface area contributed by atoms with Gasteiger partial charge >= 0.3 is 0 Å². The number of anilines is 1. The van der Waals surface area contributed by atoms with Gasteiger partial charge in [0.1, 0.15) is 11.5 Å². The Kier molecular flexibility index (Phi) is 3.69. The molecule has 1 saturated carbocycles. The van der Waals surface area contributed by atoms with Gasteiger partial charge in [0.25, 0.3) is 5.91 Å². The van der Waals surface area contributed by atoms with Crippen molar-refractivity contribution in [2.75, 3.05) is 4.90 Å². The van der Waals surface area contributed by atoms with E-state index in [4.69, 9.17) is 8.94 Å². The summed E-state index contributed by atoms with van der Waals surface area (Å²) in [7, 11) is 0. The first-order valence-electron chi connectivity index (χ1n) is 8.08. The Morgan fingerprint density at radius 3 is 2.71 bits per heavy atom. The minimum atomic E-state index is -0.189. The molecule has 5 nitrogen and oxygen atoms in total. The summed E-state index contributed by atoms with van der Waals surface area (Å²) in [6.07, 6.45) is 3.82. The summed E-state index contributed by atoms with van der Waals surface area (Å²) >= 11 is 0. The molecule has 24 heavy (non-hydrogen) atoms. The molecule has 1 aromatic carbocycles. The Balaban J connectivity index is 1.64. The van der Waals surface area contributed by atoms with Crippen LogP contribution in [-0.2, 0) is 6.54 Å². The minimum Gasteiger partial charge on any atom is -0.467 e. The third-order valence-electron chi connectivity index (χ3n) is 4.21. The fourth-order valence-electron chi connectivity index (χ4n) is 2.65. The van der Waals surface area contributed by atoms with Gasteiger partial charge in [-0.25, -0.2) is 0 Å². The summed E-state index contributed by atoms with van der Waals surface area (Å²) in [5.74, 6) is 1.76. The van der Waals surface area contributed by atoms with Crippen LogP contribution >= 0.6 is 0 Å². The van der Waals surface area contributed by atoms with E-state index < -0.39 is 0 Å². The lowest BCUT2D eigenvalue weighted by Crippen LogP contribution is -2.30. The standard InChI is InChI=1S/C19H18N2O3/c1-13-4-8-15(9-5-13)21(12-16-3-2-10-23-16)19(22)17-11-18(24-20-17)14-6-7-14/h2-5,8-11,14H,6-7,12H2,1H3. The molecule has 0 spiro atoms. The first-order valence-corrected chi connectivity index (χ1v) is 8.08. The van der Waals surface area contributed by atoms with Gasteiger partial charge in [-0.2, -0.15) is 0 Å². The second kappa shape index (κ2) is 6.00. The molecule has 0 bridgehead atoms. The van der Waals surface area contributed by atoms with E-state index in [-0.39, 0.29) is 5.91 Å². The molecule has 4 rings (SSSR count). The highest BCUT2D eigenvalue weighted by molar-refractivity contribution is 6.04. The van der Waals surface area contributed by atoms with Crippen molar-refractivity contribution in [1.82, 2.24) is 5.16 Å². The number of furan rings is 1. The summed E-state index contributed by atoms with van der Waals surface area (Å²) < 4.78 is 10.7. The third-order valence-corrected chi connectivity index (χ3v) is 4.21. The van der Waals surface area contributed by atoms with Crippen molar-refractivity contribution in [1.29, 1.82) is 0 Å². The average Bonchev–Trinajstić information content (AvgIpc) is 3.11. The second-order valence-electron chi connectivity index (χ2n) is 6.20. The Labute approximate surface area is 139 Å². The van der Waals surface area contributed by atoms with Gasteiger partial charge in [0.05, 0.1) is 12.8 Å². The number of aromatic nitrogens is 1. The van der Waals surface area contributed by atoms with Crippen molar-refractivity contribution in [2.45, 2.75) is 32.2 Å². The van der Waals surface area contributed by atoms with Crippen molar-refractivity contribution >= 4 is 11.6 Å². The molecule has 1 fully saturated rings. The number of amides is 1. The van der Waals surface area contributed by atoms with Gasteiger partial charge in [-0.3, -0.25) is 9.69 Å². The summed E-state index contributed by atoms with van der Waals surface area (Å²) in [6, 6.07) is 13.3. The molecule has 0 saturated heterocycles. The van der Waals surface area contributed by atoms with Crippen molar-refractivity contribution in [3.05, 3.63) is 71.5 Å². The molecule has 2 aromatic heterocycles. The Hall–Kier alpha value is -2.82. The molecule has 0 radical (unpaired) electrons. The summed E-state index contributed by atoms with van der Waals surface area (Å²) in [5.41, 5.74) is 2.28. The van der Waals surface area contributed by atoms with Crippen molar-refractivity contribution in [3.63, 3.8) is 0 Å². The third kappa shape index (κ3) is 2.97. The van der Waals surface area contributed by atoms with Crippen LogP contribution < -0.4 is 4.90 Å². The second-order valence-corrected chi connectivity index (χ2v) is 6.20. The van der Waals surface area contributed by atoms with Crippen molar-refractivity contribution < 1.29 is 13.7 Å². The molecule has 122 valence electrons. The minimum absolute atomic E-state index is 0.189. The molecule has 2 heterocycles. The molecule has 1 amide bonds. The molecular formula is C19H18N2O3. The number of carbonyl (C=O) groups excluding carboxylic acids is 1. The molecule has 0 N–H and O–H groups in total. The average molecular weight is 322 g/mol. The molecule has 5 heteroatoms. The van der Waals surface area contributed by atoms with Crippen molar-refractivity contribution in [3.8, 4) is 0 Å². The van der Waals surface area contributed by atoms with Crippen LogP contribution in [0.25, 0.3) is 0 Å². The Morgan fingerprint density at radius 2 is 2.04 bits per heavy atom. The maximum absolute atomic E-state index is 13.0. The Morgan fingerprint density at radius 1 is 1.25 bits per heavy atom. The van der Waals surface area contributed by atoms with Crippen LogP contribution in [0.1, 0.15) is 46.3 Å². The van der Waals surface area contributed by atoms with E-state index in [0.717, 1.165) is 35.6 Å². The van der Waals surface area contributed by atoms with E-state index in [2.05, 4.69) is 5.16 Å². The lowest BCUT2D eigenvalue weighted by atomic mass is 10.2. The van der Waals surface area contributed by atoms with Crippen molar-refractivity contribution in [2.24, 2.45) is 0 Å². The zero-order chi connectivity index (χ0) is 16.5. The van der Waals surface area contributed by atoms with Crippen LogP contribution in [-0.4, -0.2) is 11.1 Å². The molecule has 3 aromatic rings. The number of hydrogen-bond donors (Lipinski definition) is 0. The highest BCUT2D eigenvalue weighted by Gasteiger charge is 2.30. The van der Waals surface area contributed by atoms with E-state index in [1.807, 2.05) is 43.3 Å². The molecule has 1 aliphatic carbocycles. The SMILES string of the molecule is Cc1ccc(N(Cc2ccco2)C(=O)c2cc(C3CC3)on2)cc1. The smallest absolute Gasteiger partial charge is 0.280 e. The largest absolute Gasteiger partial charge is 0.467 e. The first-order chi connectivity index (χ1) is 11.7. The van der Waals surface area contributed by atoms with E-state index in [1.165, 1.54) is 0 Å². The predicted octanol–water partition coefficient (Wildman–Crippen LogP) is 4.30. The maximum atomic E-state index is 13.0. The molecular weight excluding hydrogens is 304 g/mol. The van der Waals surface area contributed by atoms with Crippen LogP contribution in [0.2, 0.25) is 0 Å². The number of carbonyl (C=O) groups is 1. The lowest BCUT2D eigenvalue weighted by Gasteiger charge is -2.20. The van der Waals surface area contributed by atoms with Crippen LogP contribution in [0.15, 0.2) is 57.7 Å². The van der Waals surface area contributed by atoms with Crippen LogP contribution in [0.3, 0.4) is 0 Å². The van der Waals surface area contributed by atoms with Gasteiger partial charge < -0.3 is 8.94 Å². The zero-order valence-electron chi connectivity index (χ0n) is 13.4. The quantitative estimate of drug-likeness (QED) is 0.702. The first kappa shape index (κ1) is 14.8. The van der Waals surface area contributed by atoms with E-state index >= 15 is 0 Å². The monoisotopic (exact) mass is 322 g/mol. The van der Waals surface area contributed by atoms with Crippen LogP contribution in [0.5, 0.6) is 0 Å². The fraction of sp³-hybridized carbons (Fsp3) is 0.263. The van der Waals surface area contributed by atoms with Gasteiger partial charge in [0, 0.05) is 17.7 Å². The molecule has 0 unspecified atom stereocenters. The van der Waals surface area contributed by atoms with E-state index in [0.29, 0.717) is 18.2 Å². The van der Waals surface area contributed by atoms with E-state index in [1.54, 1.807) is 17.2 Å². The molecule has 0 aliphatic heterocycles. The van der Waals surface area contributed by atoms with Gasteiger partial charge in [-0.15, -0.1) is 0 Å². The zero-order valence-corrected chi connectivity index (χ0v) is 13.4. The topological polar surface area (TPSA) is 59.5 Å². The van der Waals surface area contributed by atoms with Crippen LogP contribution in [0.4, 0.5) is 5.69 Å². The highest BCUT2D eigenvalue weighted by Crippen LogP contribution is 2.40. The van der Waals surface area contributed by atoms with Gasteiger partial charge in [0.15, 0.2) is 5.69 Å². The molecule has 0 atom stereocenters. The number of hydrogen-bond acceptors (Lipinski definition) is 4. The molecule has 1 aliphatic rings. The van der Waals surface area contributed by atoms with E-state index in [9.17, 15) is 4.79 Å².